The standard InChI is InChI=1S/C43H39ClN4O7S/c1-21-29-17-23(44)7-14-34(29)56-38(21)32-20-35(46(3)45-32)48-40(52)31-19-30-26(37(43(31,2)42(48)54)27-11-10-25(50)18-33(27)55-4)12-13-28-36(30)41(53)47(39(28)51)16-15-22-5-8-24(49)9-6-22/h5-12,14,17-18,20,28,30-31,36-37,49-50H,13,15-16,19H2,1-4H3/t28-,30+,31-,36-,37+,43+/m0/s1. The summed E-state index contributed by atoms with van der Waals surface area (Å²) in [7, 11) is 3.20. The van der Waals surface area contributed by atoms with Crippen molar-refractivity contribution in [2.75, 3.05) is 18.6 Å². The molecule has 4 aliphatic rings. The second kappa shape index (κ2) is 13.1. The van der Waals surface area contributed by atoms with Crippen LogP contribution in [-0.4, -0.2) is 62.2 Å². The monoisotopic (exact) mass is 790 g/mol. The van der Waals surface area contributed by atoms with Gasteiger partial charge < -0.3 is 14.9 Å². The smallest absolute Gasteiger partial charge is 0.242 e. The van der Waals surface area contributed by atoms with Gasteiger partial charge in [-0.3, -0.25) is 28.8 Å². The molecule has 2 N–H and O–H groups in total. The Bertz CT molecular complexity index is 2540. The van der Waals surface area contributed by atoms with Crippen molar-refractivity contribution in [2.45, 2.75) is 39.0 Å². The minimum Gasteiger partial charge on any atom is -0.508 e. The highest BCUT2D eigenvalue weighted by molar-refractivity contribution is 7.22. The number of fused-ring (bicyclic) bond motifs is 5. The lowest BCUT2D eigenvalue weighted by atomic mass is 9.51. The van der Waals surface area contributed by atoms with E-state index in [0.29, 0.717) is 40.7 Å². The van der Waals surface area contributed by atoms with E-state index in [9.17, 15) is 24.6 Å². The number of aryl methyl sites for hydroxylation is 2. The van der Waals surface area contributed by atoms with Crippen LogP contribution in [0, 0.1) is 36.0 Å². The molecule has 3 fully saturated rings. The molecule has 11 nitrogen and oxygen atoms in total. The number of allylic oxidation sites excluding steroid dienone is 2. The minimum absolute atomic E-state index is 0.0187. The van der Waals surface area contributed by atoms with Gasteiger partial charge in [-0.2, -0.15) is 5.10 Å². The fourth-order valence-corrected chi connectivity index (χ4v) is 11.2. The van der Waals surface area contributed by atoms with Crippen molar-refractivity contribution in [3.8, 4) is 27.8 Å². The van der Waals surface area contributed by atoms with Crippen molar-refractivity contribution < 1.29 is 34.1 Å². The second-order valence-electron chi connectivity index (χ2n) is 15.5. The summed E-state index contributed by atoms with van der Waals surface area (Å²) in [4.78, 5) is 61.9. The predicted octanol–water partition coefficient (Wildman–Crippen LogP) is 7.16. The van der Waals surface area contributed by atoms with Crippen LogP contribution in [0.5, 0.6) is 17.2 Å². The molecule has 0 radical (unpaired) electrons. The summed E-state index contributed by atoms with van der Waals surface area (Å²) in [5.74, 6) is -3.86. The van der Waals surface area contributed by atoms with E-state index in [1.54, 1.807) is 59.5 Å². The number of imide groups is 2. The number of carbonyl (C=O) groups excluding carboxylic acids is 4. The predicted molar refractivity (Wildman–Crippen MR) is 212 cm³/mol. The number of hydrogen-bond donors (Lipinski definition) is 2. The van der Waals surface area contributed by atoms with Crippen molar-refractivity contribution in [1.82, 2.24) is 14.7 Å². The van der Waals surface area contributed by atoms with Crippen LogP contribution in [0.25, 0.3) is 20.7 Å². The number of hydrogen-bond acceptors (Lipinski definition) is 9. The number of benzene rings is 3. The zero-order valence-corrected chi connectivity index (χ0v) is 32.7. The summed E-state index contributed by atoms with van der Waals surface area (Å²) in [5, 5.41) is 26.6. The molecule has 0 unspecified atom stereocenters. The maximum absolute atomic E-state index is 15.2. The second-order valence-corrected chi connectivity index (χ2v) is 17.0. The minimum atomic E-state index is -1.31. The highest BCUT2D eigenvalue weighted by Gasteiger charge is 2.68. The lowest BCUT2D eigenvalue weighted by molar-refractivity contribution is -0.140. The van der Waals surface area contributed by atoms with E-state index in [1.165, 1.54) is 29.0 Å². The number of carbonyl (C=O) groups is 4. The molecule has 1 saturated carbocycles. The first-order chi connectivity index (χ1) is 26.8. The number of likely N-dealkylation sites (tertiary alicyclic amines) is 1. The van der Waals surface area contributed by atoms with Crippen LogP contribution in [0.15, 0.2) is 78.4 Å². The van der Waals surface area contributed by atoms with Gasteiger partial charge >= 0.3 is 0 Å². The maximum Gasteiger partial charge on any atom is 0.242 e. The Morgan fingerprint density at radius 3 is 2.45 bits per heavy atom. The van der Waals surface area contributed by atoms with Crippen LogP contribution in [0.3, 0.4) is 0 Å². The number of halogens is 1. The van der Waals surface area contributed by atoms with Crippen LogP contribution < -0.4 is 9.64 Å². The van der Waals surface area contributed by atoms with Gasteiger partial charge in [0.05, 0.1) is 35.2 Å². The zero-order valence-electron chi connectivity index (χ0n) is 31.2. The molecule has 6 atom stereocenters. The van der Waals surface area contributed by atoms with Gasteiger partial charge in [0.15, 0.2) is 0 Å². The summed E-state index contributed by atoms with van der Waals surface area (Å²) in [6, 6.07) is 18.9. The maximum atomic E-state index is 15.2. The molecule has 2 aliphatic heterocycles. The van der Waals surface area contributed by atoms with E-state index >= 15 is 4.79 Å². The first kappa shape index (κ1) is 36.2. The van der Waals surface area contributed by atoms with Crippen molar-refractivity contribution in [2.24, 2.45) is 36.1 Å². The lowest BCUT2D eigenvalue weighted by Gasteiger charge is -2.49. The summed E-state index contributed by atoms with van der Waals surface area (Å²) >= 11 is 7.88. The number of rotatable bonds is 7. The van der Waals surface area contributed by atoms with Crippen LogP contribution in [0.1, 0.15) is 42.4 Å². The fraction of sp³-hybridized carbons (Fsp3) is 0.326. The number of methoxy groups -OCH3 is 1. The Morgan fingerprint density at radius 2 is 1.70 bits per heavy atom. The molecule has 0 spiro atoms. The molecule has 0 bridgehead atoms. The largest absolute Gasteiger partial charge is 0.508 e. The molecular formula is C43H39ClN4O7S. The molecule has 4 amide bonds. The van der Waals surface area contributed by atoms with Gasteiger partial charge in [-0.25, -0.2) is 4.90 Å². The molecular weight excluding hydrogens is 752 g/mol. The molecule has 9 rings (SSSR count). The molecule has 3 aromatic carbocycles. The van der Waals surface area contributed by atoms with Gasteiger partial charge in [-0.15, -0.1) is 11.3 Å². The van der Waals surface area contributed by atoms with Crippen molar-refractivity contribution in [3.63, 3.8) is 0 Å². The third-order valence-corrected chi connectivity index (χ3v) is 14.2. The molecule has 2 saturated heterocycles. The van der Waals surface area contributed by atoms with E-state index in [-0.39, 0.29) is 36.3 Å². The third-order valence-electron chi connectivity index (χ3n) is 12.7. The quantitative estimate of drug-likeness (QED) is 0.131. The average molecular weight is 791 g/mol. The first-order valence-corrected chi connectivity index (χ1v) is 19.8. The summed E-state index contributed by atoms with van der Waals surface area (Å²) < 4.78 is 8.40. The molecule has 286 valence electrons. The molecule has 4 heterocycles. The highest BCUT2D eigenvalue weighted by atomic mass is 35.5. The van der Waals surface area contributed by atoms with E-state index in [1.807, 2.05) is 38.1 Å². The number of nitrogens with zero attached hydrogens (tertiary/aromatic N) is 4. The SMILES string of the molecule is COc1cc(O)ccc1[C@H]1C2=CC[C@@H]3C(=O)N(CCc4ccc(O)cc4)C(=O)[C@@H]3[C@@H]2C[C@H]2C(=O)N(c3cc(-c4sc5ccc(Cl)cc5c4C)nn3C)C(=O)[C@@]12C. The molecule has 2 aromatic heterocycles. The Labute approximate surface area is 331 Å². The lowest BCUT2D eigenvalue weighted by Crippen LogP contribution is -2.49. The molecule has 13 heteroatoms. The van der Waals surface area contributed by atoms with Crippen LogP contribution in [0.4, 0.5) is 5.82 Å². The van der Waals surface area contributed by atoms with Gasteiger partial charge in [0.25, 0.3) is 0 Å². The van der Waals surface area contributed by atoms with E-state index < -0.39 is 46.8 Å². The van der Waals surface area contributed by atoms with Gasteiger partial charge in [-0.1, -0.05) is 41.4 Å². The average Bonchev–Trinajstić information content (AvgIpc) is 3.85. The zero-order chi connectivity index (χ0) is 39.4. The van der Waals surface area contributed by atoms with E-state index in [0.717, 1.165) is 31.7 Å². The number of ether oxygens (including phenoxy) is 1. The summed E-state index contributed by atoms with van der Waals surface area (Å²) in [5.41, 5.74) is 2.62. The van der Waals surface area contributed by atoms with Gasteiger partial charge in [0, 0.05) is 46.9 Å². The number of anilines is 1. The normalized spacial score (nSPS) is 25.8. The van der Waals surface area contributed by atoms with Crippen molar-refractivity contribution in [1.29, 1.82) is 0 Å². The number of phenolic OH excluding ortho intramolecular Hbond substituents is 2. The summed E-state index contributed by atoms with van der Waals surface area (Å²) in [6.45, 7) is 4.01. The molecule has 56 heavy (non-hydrogen) atoms. The van der Waals surface area contributed by atoms with E-state index in [4.69, 9.17) is 21.4 Å². The van der Waals surface area contributed by atoms with E-state index in [2.05, 4.69) is 0 Å². The van der Waals surface area contributed by atoms with Gasteiger partial charge in [0.2, 0.25) is 23.6 Å². The topological polar surface area (TPSA) is 142 Å². The number of phenols is 2. The Balaban J connectivity index is 1.12. The number of amides is 4. The Hall–Kier alpha value is -5.46. The van der Waals surface area contributed by atoms with Crippen LogP contribution in [-0.2, 0) is 32.6 Å². The highest BCUT2D eigenvalue weighted by Crippen LogP contribution is 2.64. The Morgan fingerprint density at radius 1 is 0.946 bits per heavy atom. The molecule has 2 aliphatic carbocycles. The number of aromatic hydroxyl groups is 2. The number of thiophene rings is 1. The van der Waals surface area contributed by atoms with Crippen LogP contribution >= 0.6 is 22.9 Å². The van der Waals surface area contributed by atoms with Gasteiger partial charge in [-0.05, 0) is 91.9 Å². The Kier molecular flexibility index (Phi) is 8.44. The van der Waals surface area contributed by atoms with Crippen LogP contribution in [0.2, 0.25) is 5.02 Å². The third kappa shape index (κ3) is 5.25. The van der Waals surface area contributed by atoms with Crippen molar-refractivity contribution >= 4 is 62.5 Å². The fourth-order valence-electron chi connectivity index (χ4n) is 9.92. The van der Waals surface area contributed by atoms with Crippen molar-refractivity contribution in [3.05, 3.63) is 100 Å². The first-order valence-electron chi connectivity index (χ1n) is 18.6. The van der Waals surface area contributed by atoms with Gasteiger partial charge in [0.1, 0.15) is 28.8 Å². The molecule has 5 aromatic rings. The summed E-state index contributed by atoms with van der Waals surface area (Å²) in [6.07, 6.45) is 2.94. The number of aromatic nitrogens is 2.